The van der Waals surface area contributed by atoms with Crippen molar-refractivity contribution in [1.82, 2.24) is 4.98 Å². The van der Waals surface area contributed by atoms with Gasteiger partial charge in [-0.25, -0.2) is 4.98 Å². The van der Waals surface area contributed by atoms with E-state index in [4.69, 9.17) is 4.74 Å². The number of carbonyl (C=O) groups is 1. The van der Waals surface area contributed by atoms with Gasteiger partial charge in [0.25, 0.3) is 5.78 Å². The lowest BCUT2D eigenvalue weighted by Gasteiger charge is -2.39. The topological polar surface area (TPSA) is 42.4 Å². The van der Waals surface area contributed by atoms with Crippen molar-refractivity contribution < 1.29 is 22.7 Å². The lowest BCUT2D eigenvalue weighted by atomic mass is 10.1. The number of Topliss-reactive ketones (excluding diaryl/α,β-unsaturated/α-hetero) is 1. The average Bonchev–Trinajstić information content (AvgIpc) is 2.53. The fourth-order valence-electron chi connectivity index (χ4n) is 2.39. The first-order chi connectivity index (χ1) is 11.4. The third kappa shape index (κ3) is 3.73. The highest BCUT2D eigenvalue weighted by molar-refractivity contribution is 6.00. The number of halogens is 3. The van der Waals surface area contributed by atoms with Crippen LogP contribution in [0.15, 0.2) is 48.7 Å². The minimum atomic E-state index is -4.88. The highest BCUT2D eigenvalue weighted by Crippen LogP contribution is 2.24. The quantitative estimate of drug-likeness (QED) is 0.786. The molecule has 7 heteroatoms. The predicted octanol–water partition coefficient (Wildman–Crippen LogP) is 3.23. The van der Waals surface area contributed by atoms with Gasteiger partial charge in [0.15, 0.2) is 0 Å². The number of nitrogens with zero attached hydrogens (tertiary/aromatic N) is 2. The molecule has 0 radical (unpaired) electrons. The van der Waals surface area contributed by atoms with E-state index in [1.54, 1.807) is 0 Å². The zero-order valence-corrected chi connectivity index (χ0v) is 12.7. The number of alkyl halides is 3. The molecule has 0 aliphatic carbocycles. The molecule has 0 unspecified atom stereocenters. The first-order valence-electron chi connectivity index (χ1n) is 7.41. The largest absolute Gasteiger partial charge is 0.454 e. The zero-order valence-electron chi connectivity index (χ0n) is 12.7. The van der Waals surface area contributed by atoms with Crippen molar-refractivity contribution >= 4 is 11.6 Å². The van der Waals surface area contributed by atoms with Crippen LogP contribution in [0.5, 0.6) is 0 Å². The molecule has 1 aromatic carbocycles. The molecule has 4 nitrogen and oxygen atoms in total. The van der Waals surface area contributed by atoms with Gasteiger partial charge in [-0.15, -0.1) is 0 Å². The normalized spacial score (nSPS) is 15.2. The number of hydrogen-bond acceptors (Lipinski definition) is 4. The number of ether oxygens (including phenoxy) is 1. The Morgan fingerprint density at radius 1 is 1.17 bits per heavy atom. The van der Waals surface area contributed by atoms with E-state index in [0.717, 1.165) is 17.8 Å². The summed E-state index contributed by atoms with van der Waals surface area (Å²) in [5.74, 6) is -1.34. The van der Waals surface area contributed by atoms with E-state index in [1.165, 1.54) is 6.07 Å². The maximum atomic E-state index is 12.3. The van der Waals surface area contributed by atoms with Crippen LogP contribution in [0.3, 0.4) is 0 Å². The van der Waals surface area contributed by atoms with Gasteiger partial charge in [-0.1, -0.05) is 30.3 Å². The summed E-state index contributed by atoms with van der Waals surface area (Å²) in [5, 5.41) is 0. The Kier molecular flexibility index (Phi) is 4.53. The molecular formula is C17H15F3N2O2. The van der Waals surface area contributed by atoms with Crippen LogP contribution < -0.4 is 4.90 Å². The summed E-state index contributed by atoms with van der Waals surface area (Å²) in [4.78, 5) is 16.9. The van der Waals surface area contributed by atoms with Gasteiger partial charge in [-0.2, -0.15) is 13.2 Å². The first-order valence-corrected chi connectivity index (χ1v) is 7.41. The van der Waals surface area contributed by atoms with Crippen LogP contribution in [0.4, 0.5) is 19.0 Å². The highest BCUT2D eigenvalue weighted by Gasteiger charge is 2.39. The zero-order chi connectivity index (χ0) is 17.2. The van der Waals surface area contributed by atoms with Gasteiger partial charge in [0.05, 0.1) is 12.7 Å². The smallest absolute Gasteiger partial charge is 0.370 e. The molecule has 1 saturated heterocycles. The van der Waals surface area contributed by atoms with E-state index in [9.17, 15) is 18.0 Å². The van der Waals surface area contributed by atoms with E-state index < -0.39 is 17.5 Å². The Labute approximate surface area is 136 Å². The SMILES string of the molecule is O=C(c1ccc(N2CC(OCc3ccccc3)C2)nc1)C(F)(F)F. The molecule has 1 aliphatic heterocycles. The van der Waals surface area contributed by atoms with Crippen molar-refractivity contribution in [3.8, 4) is 0 Å². The van der Waals surface area contributed by atoms with Crippen molar-refractivity contribution in [3.05, 3.63) is 59.8 Å². The van der Waals surface area contributed by atoms with E-state index >= 15 is 0 Å². The van der Waals surface area contributed by atoms with Crippen molar-refractivity contribution in [2.24, 2.45) is 0 Å². The molecule has 1 fully saturated rings. The summed E-state index contributed by atoms with van der Waals surface area (Å²) in [6.45, 7) is 1.75. The Bertz CT molecular complexity index is 696. The van der Waals surface area contributed by atoms with Crippen LogP contribution in [-0.4, -0.2) is 36.1 Å². The van der Waals surface area contributed by atoms with Gasteiger partial charge in [0.1, 0.15) is 5.82 Å². The fourth-order valence-corrected chi connectivity index (χ4v) is 2.39. The van der Waals surface area contributed by atoms with Crippen LogP contribution >= 0.6 is 0 Å². The summed E-state index contributed by atoms with van der Waals surface area (Å²) in [6, 6.07) is 12.4. The van der Waals surface area contributed by atoms with E-state index in [0.29, 0.717) is 25.5 Å². The molecule has 0 N–H and O–H groups in total. The standard InChI is InChI=1S/C17H15F3N2O2/c18-17(19,20)16(23)13-6-7-15(21-8-13)22-9-14(10-22)24-11-12-4-2-1-3-5-12/h1-8,14H,9-11H2. The van der Waals surface area contributed by atoms with Crippen LogP contribution in [0, 0.1) is 0 Å². The van der Waals surface area contributed by atoms with Crippen molar-refractivity contribution in [2.45, 2.75) is 18.9 Å². The van der Waals surface area contributed by atoms with Gasteiger partial charge in [-0.3, -0.25) is 4.79 Å². The van der Waals surface area contributed by atoms with Crippen LogP contribution in [0.2, 0.25) is 0 Å². The summed E-state index contributed by atoms with van der Waals surface area (Å²) < 4.78 is 42.8. The van der Waals surface area contributed by atoms with Crippen LogP contribution in [0.1, 0.15) is 15.9 Å². The number of pyridine rings is 1. The van der Waals surface area contributed by atoms with Crippen LogP contribution in [-0.2, 0) is 11.3 Å². The Morgan fingerprint density at radius 3 is 2.46 bits per heavy atom. The minimum Gasteiger partial charge on any atom is -0.370 e. The molecule has 0 spiro atoms. The van der Waals surface area contributed by atoms with Crippen molar-refractivity contribution in [3.63, 3.8) is 0 Å². The maximum absolute atomic E-state index is 12.3. The molecule has 1 aliphatic rings. The molecule has 2 aromatic rings. The van der Waals surface area contributed by atoms with Gasteiger partial charge in [-0.05, 0) is 17.7 Å². The first kappa shape index (κ1) is 16.4. The molecule has 0 saturated carbocycles. The molecule has 0 atom stereocenters. The third-order valence-electron chi connectivity index (χ3n) is 3.77. The van der Waals surface area contributed by atoms with Crippen molar-refractivity contribution in [2.75, 3.05) is 18.0 Å². The number of carbonyl (C=O) groups excluding carboxylic acids is 1. The predicted molar refractivity (Wildman–Crippen MR) is 81.9 cm³/mol. The molecule has 2 heterocycles. The number of ketones is 1. The lowest BCUT2D eigenvalue weighted by molar-refractivity contribution is -0.0885. The summed E-state index contributed by atoms with van der Waals surface area (Å²) in [5.41, 5.74) is 0.632. The summed E-state index contributed by atoms with van der Waals surface area (Å²) >= 11 is 0. The van der Waals surface area contributed by atoms with Gasteiger partial charge >= 0.3 is 6.18 Å². The van der Waals surface area contributed by atoms with E-state index in [1.807, 2.05) is 35.2 Å². The highest BCUT2D eigenvalue weighted by atomic mass is 19.4. The molecule has 126 valence electrons. The molecule has 3 rings (SSSR count). The minimum absolute atomic E-state index is 0.0588. The van der Waals surface area contributed by atoms with E-state index in [2.05, 4.69) is 4.98 Å². The maximum Gasteiger partial charge on any atom is 0.454 e. The van der Waals surface area contributed by atoms with Gasteiger partial charge in [0.2, 0.25) is 0 Å². The van der Waals surface area contributed by atoms with Gasteiger partial charge in [0, 0.05) is 24.8 Å². The summed E-state index contributed by atoms with van der Waals surface area (Å²) in [7, 11) is 0. The summed E-state index contributed by atoms with van der Waals surface area (Å²) in [6.07, 6.45) is -3.86. The van der Waals surface area contributed by atoms with E-state index in [-0.39, 0.29) is 6.10 Å². The molecular weight excluding hydrogens is 321 g/mol. The molecule has 0 bridgehead atoms. The molecule has 24 heavy (non-hydrogen) atoms. The Hall–Kier alpha value is -2.41. The van der Waals surface area contributed by atoms with Crippen LogP contribution in [0.25, 0.3) is 0 Å². The molecule has 1 aromatic heterocycles. The number of anilines is 1. The second-order valence-electron chi connectivity index (χ2n) is 5.56. The number of benzene rings is 1. The Morgan fingerprint density at radius 2 is 1.88 bits per heavy atom. The monoisotopic (exact) mass is 336 g/mol. The second-order valence-corrected chi connectivity index (χ2v) is 5.56. The number of aromatic nitrogens is 1. The fraction of sp³-hybridized carbons (Fsp3) is 0.294. The number of rotatable bonds is 5. The third-order valence-corrected chi connectivity index (χ3v) is 3.77. The molecule has 0 amide bonds. The lowest BCUT2D eigenvalue weighted by Crippen LogP contribution is -2.52. The number of hydrogen-bond donors (Lipinski definition) is 0. The van der Waals surface area contributed by atoms with Gasteiger partial charge < -0.3 is 9.64 Å². The van der Waals surface area contributed by atoms with Crippen molar-refractivity contribution in [1.29, 1.82) is 0 Å². The average molecular weight is 336 g/mol. The second kappa shape index (κ2) is 6.60. The Balaban J connectivity index is 1.50.